The predicted octanol–water partition coefficient (Wildman–Crippen LogP) is 5.12. The molecule has 36 heavy (non-hydrogen) atoms. The Labute approximate surface area is 211 Å². The lowest BCUT2D eigenvalue weighted by Gasteiger charge is -2.26. The van der Waals surface area contributed by atoms with E-state index >= 15 is 0 Å². The van der Waals surface area contributed by atoms with Crippen LogP contribution >= 0.6 is 0 Å². The molecular formula is C30H31NO5. The average Bonchev–Trinajstić information content (AvgIpc) is 3.16. The third-order valence-corrected chi connectivity index (χ3v) is 6.48. The van der Waals surface area contributed by atoms with Crippen LogP contribution in [0.25, 0.3) is 0 Å². The van der Waals surface area contributed by atoms with Gasteiger partial charge in [-0.05, 0) is 47.7 Å². The minimum absolute atomic E-state index is 0.139. The Kier molecular flexibility index (Phi) is 8.18. The molecule has 6 heteroatoms. The minimum atomic E-state index is -0.679. The van der Waals surface area contributed by atoms with Crippen LogP contribution in [0.3, 0.4) is 0 Å². The molecule has 0 bridgehead atoms. The Bertz CT molecular complexity index is 1230. The number of carbonyl (C=O) groups excluding carboxylic acids is 2. The smallest absolute Gasteiger partial charge is 0.290 e. The molecule has 0 aromatic heterocycles. The fourth-order valence-electron chi connectivity index (χ4n) is 4.42. The summed E-state index contributed by atoms with van der Waals surface area (Å²) >= 11 is 0. The van der Waals surface area contributed by atoms with Crippen molar-refractivity contribution in [3.05, 3.63) is 112 Å². The summed E-state index contributed by atoms with van der Waals surface area (Å²) in [6.45, 7) is 3.03. The number of rotatable bonds is 11. The third-order valence-electron chi connectivity index (χ3n) is 6.48. The lowest BCUT2D eigenvalue weighted by molar-refractivity contribution is -0.130. The summed E-state index contributed by atoms with van der Waals surface area (Å²) in [5.74, 6) is -0.594. The molecule has 1 N–H and O–H groups in total. The van der Waals surface area contributed by atoms with E-state index in [0.29, 0.717) is 25.4 Å². The Balaban J connectivity index is 1.54. The summed E-state index contributed by atoms with van der Waals surface area (Å²) in [4.78, 5) is 27.7. The molecule has 4 rings (SSSR count). The van der Waals surface area contributed by atoms with Gasteiger partial charge in [0, 0.05) is 20.1 Å². The van der Waals surface area contributed by atoms with Gasteiger partial charge in [0.05, 0.1) is 18.2 Å². The SMILES string of the molecule is COCCN1C(=O)C(O)=C(C(=O)CCc2ccccc2)C1c1ccc(OCc2ccccc2C)cc1. The maximum absolute atomic E-state index is 13.3. The number of amides is 1. The van der Waals surface area contributed by atoms with Gasteiger partial charge in [0.15, 0.2) is 11.5 Å². The van der Waals surface area contributed by atoms with E-state index < -0.39 is 17.7 Å². The Hall–Kier alpha value is -3.90. The van der Waals surface area contributed by atoms with Gasteiger partial charge in [-0.1, -0.05) is 66.7 Å². The van der Waals surface area contributed by atoms with Crippen molar-refractivity contribution in [2.75, 3.05) is 20.3 Å². The van der Waals surface area contributed by atoms with Gasteiger partial charge in [-0.25, -0.2) is 0 Å². The van der Waals surface area contributed by atoms with Crippen molar-refractivity contribution in [3.63, 3.8) is 0 Å². The molecule has 0 saturated carbocycles. The zero-order valence-corrected chi connectivity index (χ0v) is 20.6. The number of ether oxygens (including phenoxy) is 2. The molecule has 0 saturated heterocycles. The molecule has 0 spiro atoms. The number of aliphatic hydroxyl groups excluding tert-OH is 1. The highest BCUT2D eigenvalue weighted by atomic mass is 16.5. The van der Waals surface area contributed by atoms with Crippen molar-refractivity contribution in [2.24, 2.45) is 0 Å². The lowest BCUT2D eigenvalue weighted by atomic mass is 9.93. The Morgan fingerprint density at radius 1 is 0.972 bits per heavy atom. The maximum atomic E-state index is 13.3. The number of nitrogens with zero attached hydrogens (tertiary/aromatic N) is 1. The fraction of sp³-hybridized carbons (Fsp3) is 0.267. The normalized spacial score (nSPS) is 15.4. The van der Waals surface area contributed by atoms with Gasteiger partial charge in [-0.3, -0.25) is 9.59 Å². The zero-order chi connectivity index (χ0) is 25.5. The molecule has 1 amide bonds. The molecule has 0 radical (unpaired) electrons. The van der Waals surface area contributed by atoms with Crippen LogP contribution in [-0.4, -0.2) is 42.0 Å². The van der Waals surface area contributed by atoms with Crippen molar-refractivity contribution in [1.82, 2.24) is 4.90 Å². The van der Waals surface area contributed by atoms with E-state index in [1.807, 2.05) is 85.8 Å². The van der Waals surface area contributed by atoms with E-state index in [1.54, 1.807) is 7.11 Å². The molecule has 1 heterocycles. The molecule has 1 aliphatic heterocycles. The van der Waals surface area contributed by atoms with Gasteiger partial charge < -0.3 is 19.5 Å². The topological polar surface area (TPSA) is 76.1 Å². The number of aliphatic hydroxyl groups is 1. The molecule has 186 valence electrons. The first kappa shape index (κ1) is 25.2. The van der Waals surface area contributed by atoms with E-state index in [9.17, 15) is 14.7 Å². The number of hydrogen-bond donors (Lipinski definition) is 1. The van der Waals surface area contributed by atoms with Crippen molar-refractivity contribution < 1.29 is 24.2 Å². The number of Topliss-reactive ketones (excluding diaryl/α,β-unsaturated/α-hetero) is 1. The fourth-order valence-corrected chi connectivity index (χ4v) is 4.42. The zero-order valence-electron chi connectivity index (χ0n) is 20.6. The largest absolute Gasteiger partial charge is 0.503 e. The highest BCUT2D eigenvalue weighted by Gasteiger charge is 2.42. The van der Waals surface area contributed by atoms with E-state index in [4.69, 9.17) is 9.47 Å². The second-order valence-electron chi connectivity index (χ2n) is 8.85. The number of methoxy groups -OCH3 is 1. The molecule has 6 nitrogen and oxygen atoms in total. The molecule has 1 atom stereocenters. The minimum Gasteiger partial charge on any atom is -0.503 e. The summed E-state index contributed by atoms with van der Waals surface area (Å²) in [5, 5.41) is 10.7. The van der Waals surface area contributed by atoms with Crippen molar-refractivity contribution >= 4 is 11.7 Å². The summed E-state index contributed by atoms with van der Waals surface area (Å²) in [7, 11) is 1.55. The van der Waals surface area contributed by atoms with Crippen LogP contribution in [0.1, 0.15) is 34.7 Å². The Morgan fingerprint density at radius 3 is 2.36 bits per heavy atom. The molecule has 3 aromatic rings. The average molecular weight is 486 g/mol. The summed E-state index contributed by atoms with van der Waals surface area (Å²) in [5.41, 5.74) is 4.16. The van der Waals surface area contributed by atoms with Crippen molar-refractivity contribution in [3.8, 4) is 5.75 Å². The molecule has 0 fully saturated rings. The molecule has 1 aliphatic rings. The highest BCUT2D eigenvalue weighted by Crippen LogP contribution is 2.38. The molecule has 3 aromatic carbocycles. The maximum Gasteiger partial charge on any atom is 0.290 e. The van der Waals surface area contributed by atoms with Gasteiger partial charge in [-0.15, -0.1) is 0 Å². The van der Waals surface area contributed by atoms with Gasteiger partial charge in [0.1, 0.15) is 12.4 Å². The van der Waals surface area contributed by atoms with Gasteiger partial charge >= 0.3 is 0 Å². The number of carbonyl (C=O) groups is 2. The van der Waals surface area contributed by atoms with Crippen LogP contribution < -0.4 is 4.74 Å². The second kappa shape index (κ2) is 11.7. The van der Waals surface area contributed by atoms with Crippen LogP contribution in [0.15, 0.2) is 90.2 Å². The van der Waals surface area contributed by atoms with Crippen LogP contribution in [0.5, 0.6) is 5.75 Å². The quantitative estimate of drug-likeness (QED) is 0.408. The van der Waals surface area contributed by atoms with Crippen molar-refractivity contribution in [2.45, 2.75) is 32.4 Å². The highest BCUT2D eigenvalue weighted by molar-refractivity contribution is 6.09. The van der Waals surface area contributed by atoms with Crippen LogP contribution in [0, 0.1) is 6.92 Å². The van der Waals surface area contributed by atoms with Crippen LogP contribution in [0.2, 0.25) is 0 Å². The predicted molar refractivity (Wildman–Crippen MR) is 138 cm³/mol. The molecule has 0 aliphatic carbocycles. The first-order valence-electron chi connectivity index (χ1n) is 12.1. The number of hydrogen-bond acceptors (Lipinski definition) is 5. The number of ketones is 1. The van der Waals surface area contributed by atoms with Crippen LogP contribution in [0.4, 0.5) is 0 Å². The molecular weight excluding hydrogens is 454 g/mol. The van der Waals surface area contributed by atoms with E-state index in [0.717, 1.165) is 22.3 Å². The van der Waals surface area contributed by atoms with Gasteiger partial charge in [0.25, 0.3) is 5.91 Å². The summed E-state index contributed by atoms with van der Waals surface area (Å²) < 4.78 is 11.1. The first-order valence-corrected chi connectivity index (χ1v) is 12.1. The summed E-state index contributed by atoms with van der Waals surface area (Å²) in [6.07, 6.45) is 0.726. The molecule has 1 unspecified atom stereocenters. The van der Waals surface area contributed by atoms with Crippen LogP contribution in [-0.2, 0) is 27.4 Å². The second-order valence-corrected chi connectivity index (χ2v) is 8.85. The monoisotopic (exact) mass is 485 g/mol. The van der Waals surface area contributed by atoms with E-state index in [2.05, 4.69) is 0 Å². The third kappa shape index (κ3) is 5.66. The van der Waals surface area contributed by atoms with E-state index in [1.165, 1.54) is 4.90 Å². The Morgan fingerprint density at radius 2 is 1.67 bits per heavy atom. The van der Waals surface area contributed by atoms with E-state index in [-0.39, 0.29) is 24.3 Å². The van der Waals surface area contributed by atoms with Crippen molar-refractivity contribution in [1.29, 1.82) is 0 Å². The number of benzene rings is 3. The first-order chi connectivity index (χ1) is 17.5. The van der Waals surface area contributed by atoms with Gasteiger partial charge in [-0.2, -0.15) is 0 Å². The van der Waals surface area contributed by atoms with Gasteiger partial charge in [0.2, 0.25) is 0 Å². The standard InChI is InChI=1S/C30H31NO5/c1-21-8-6-7-11-24(21)20-36-25-15-13-23(14-16-25)28-27(29(33)30(34)31(28)18-19-35-2)26(32)17-12-22-9-4-3-5-10-22/h3-11,13-16,28,33H,12,17-20H2,1-2H3. The summed E-state index contributed by atoms with van der Waals surface area (Å²) in [6, 6.07) is 24.4. The lowest BCUT2D eigenvalue weighted by Crippen LogP contribution is -2.34. The number of aryl methyl sites for hydroxylation is 2.